The van der Waals surface area contributed by atoms with Crippen molar-refractivity contribution < 1.29 is 4.42 Å². The molecule has 0 saturated carbocycles. The summed E-state index contributed by atoms with van der Waals surface area (Å²) in [5.74, 6) is 4.40. The lowest BCUT2D eigenvalue weighted by atomic mass is 10.2. The molecule has 0 spiro atoms. The maximum absolute atomic E-state index is 5.39. The van der Waals surface area contributed by atoms with Gasteiger partial charge >= 0.3 is 0 Å². The van der Waals surface area contributed by atoms with E-state index in [1.54, 1.807) is 17.6 Å². The lowest BCUT2D eigenvalue weighted by Gasteiger charge is -2.24. The lowest BCUT2D eigenvalue weighted by molar-refractivity contribution is 0.505. The predicted octanol–water partition coefficient (Wildman–Crippen LogP) is 4.18. The van der Waals surface area contributed by atoms with Gasteiger partial charge in [-0.2, -0.15) is 11.8 Å². The van der Waals surface area contributed by atoms with E-state index in [1.165, 1.54) is 29.2 Å². The maximum atomic E-state index is 5.39. The molecular weight excluding hydrogens is 465 g/mol. The van der Waals surface area contributed by atoms with E-state index in [1.807, 2.05) is 23.9 Å². The molecule has 3 rings (SSSR count). The topological polar surface area (TPSA) is 49.6 Å². The molecule has 1 atom stereocenters. The molecule has 2 N–H and O–H groups in total. The van der Waals surface area contributed by atoms with Crippen LogP contribution in [0.1, 0.15) is 23.5 Å². The Morgan fingerprint density at radius 3 is 2.96 bits per heavy atom. The molecule has 1 aliphatic heterocycles. The number of thioether (sulfide) groups is 1. The summed E-state index contributed by atoms with van der Waals surface area (Å²) in [6, 6.07) is 8.75. The van der Waals surface area contributed by atoms with Gasteiger partial charge in [-0.05, 0) is 42.2 Å². The number of hydrogen-bond donors (Lipinski definition) is 2. The SMILES string of the molecule is I.c1coc(CCNC(=NCCc2cccs2)NC2CCCSC2)c1. The van der Waals surface area contributed by atoms with E-state index < -0.39 is 0 Å². The summed E-state index contributed by atoms with van der Waals surface area (Å²) in [5.41, 5.74) is 0. The first kappa shape index (κ1) is 20.6. The van der Waals surface area contributed by atoms with Gasteiger partial charge in [-0.3, -0.25) is 4.99 Å². The van der Waals surface area contributed by atoms with E-state index in [0.29, 0.717) is 6.04 Å². The van der Waals surface area contributed by atoms with Gasteiger partial charge in [0.05, 0.1) is 6.26 Å². The van der Waals surface area contributed by atoms with Gasteiger partial charge in [-0.25, -0.2) is 0 Å². The third kappa shape index (κ3) is 7.62. The van der Waals surface area contributed by atoms with Gasteiger partial charge in [0.25, 0.3) is 0 Å². The molecule has 0 radical (unpaired) electrons. The first-order valence-electron chi connectivity index (χ1n) is 8.57. The minimum absolute atomic E-state index is 0. The van der Waals surface area contributed by atoms with Crippen LogP contribution in [0, 0.1) is 0 Å². The van der Waals surface area contributed by atoms with Crippen LogP contribution in [-0.2, 0) is 12.8 Å². The fourth-order valence-corrected chi connectivity index (χ4v) is 4.46. The molecule has 2 aromatic heterocycles. The van der Waals surface area contributed by atoms with Crippen LogP contribution in [0.4, 0.5) is 0 Å². The Hall–Kier alpha value is -0.670. The van der Waals surface area contributed by atoms with Crippen LogP contribution in [0.25, 0.3) is 0 Å². The second-order valence-electron chi connectivity index (χ2n) is 5.87. The lowest BCUT2D eigenvalue weighted by Crippen LogP contribution is -2.46. The summed E-state index contributed by atoms with van der Waals surface area (Å²) in [6.07, 6.45) is 6.12. The van der Waals surface area contributed by atoms with E-state index in [9.17, 15) is 0 Å². The molecule has 2 aromatic rings. The Bertz CT molecular complexity index is 596. The smallest absolute Gasteiger partial charge is 0.191 e. The minimum atomic E-state index is 0. The van der Waals surface area contributed by atoms with Crippen molar-refractivity contribution >= 4 is 53.0 Å². The molecule has 0 aliphatic carbocycles. The third-order valence-corrected chi connectivity index (χ3v) is 6.10. The number of halogens is 1. The zero-order valence-electron chi connectivity index (χ0n) is 14.3. The van der Waals surface area contributed by atoms with Crippen molar-refractivity contribution in [2.75, 3.05) is 24.6 Å². The van der Waals surface area contributed by atoms with Crippen LogP contribution in [0.2, 0.25) is 0 Å². The summed E-state index contributed by atoms with van der Waals surface area (Å²) in [4.78, 5) is 6.16. The van der Waals surface area contributed by atoms with Crippen LogP contribution in [0.15, 0.2) is 45.3 Å². The Morgan fingerprint density at radius 2 is 2.24 bits per heavy atom. The van der Waals surface area contributed by atoms with Gasteiger partial charge < -0.3 is 15.1 Å². The highest BCUT2D eigenvalue weighted by molar-refractivity contribution is 14.0. The van der Waals surface area contributed by atoms with Crippen molar-refractivity contribution in [2.24, 2.45) is 4.99 Å². The van der Waals surface area contributed by atoms with Gasteiger partial charge in [-0.15, -0.1) is 35.3 Å². The molecule has 0 aromatic carbocycles. The predicted molar refractivity (Wildman–Crippen MR) is 120 cm³/mol. The highest BCUT2D eigenvalue weighted by Gasteiger charge is 2.15. The fraction of sp³-hybridized carbons (Fsp3) is 0.500. The van der Waals surface area contributed by atoms with Crippen molar-refractivity contribution in [1.82, 2.24) is 10.6 Å². The third-order valence-electron chi connectivity index (χ3n) is 3.95. The largest absolute Gasteiger partial charge is 0.469 e. The summed E-state index contributed by atoms with van der Waals surface area (Å²) in [7, 11) is 0. The van der Waals surface area contributed by atoms with Crippen molar-refractivity contribution in [3.05, 3.63) is 46.5 Å². The average molecular weight is 491 g/mol. The first-order valence-corrected chi connectivity index (χ1v) is 10.6. The molecule has 7 heteroatoms. The number of nitrogens with zero attached hydrogens (tertiary/aromatic N) is 1. The number of hydrogen-bond acceptors (Lipinski definition) is 4. The zero-order chi connectivity index (χ0) is 16.5. The zero-order valence-corrected chi connectivity index (χ0v) is 18.2. The van der Waals surface area contributed by atoms with E-state index >= 15 is 0 Å². The number of thiophene rings is 1. The fourth-order valence-electron chi connectivity index (χ4n) is 2.69. The second-order valence-corrected chi connectivity index (χ2v) is 8.06. The van der Waals surface area contributed by atoms with Crippen LogP contribution >= 0.6 is 47.1 Å². The monoisotopic (exact) mass is 491 g/mol. The molecule has 4 nitrogen and oxygen atoms in total. The van der Waals surface area contributed by atoms with Crippen molar-refractivity contribution in [3.63, 3.8) is 0 Å². The van der Waals surface area contributed by atoms with E-state index in [-0.39, 0.29) is 24.0 Å². The van der Waals surface area contributed by atoms with E-state index in [2.05, 4.69) is 28.1 Å². The summed E-state index contributed by atoms with van der Waals surface area (Å²) in [6.45, 7) is 1.65. The Kier molecular flexibility index (Phi) is 9.78. The standard InChI is InChI=1S/C18H25N3OS2.HI/c1-5-16(22-11-1)7-9-19-18(21-15-4-2-12-23-14-15)20-10-8-17-6-3-13-24-17;/h1,3,5-6,11,13,15H,2,4,7-10,12,14H2,(H2,19,20,21);1H. The Labute approximate surface area is 175 Å². The molecule has 0 bridgehead atoms. The highest BCUT2D eigenvalue weighted by atomic mass is 127. The molecule has 0 amide bonds. The number of guanidine groups is 1. The number of nitrogens with one attached hydrogen (secondary N) is 2. The van der Waals surface area contributed by atoms with Crippen LogP contribution in [-0.4, -0.2) is 36.6 Å². The first-order chi connectivity index (χ1) is 11.9. The van der Waals surface area contributed by atoms with E-state index in [0.717, 1.165) is 37.7 Å². The average Bonchev–Trinajstić information content (AvgIpc) is 3.29. The summed E-state index contributed by atoms with van der Waals surface area (Å²) < 4.78 is 5.39. The minimum Gasteiger partial charge on any atom is -0.469 e. The Balaban J connectivity index is 0.00000225. The second kappa shape index (κ2) is 11.9. The molecule has 1 unspecified atom stereocenters. The normalized spacial score (nSPS) is 17.8. The van der Waals surface area contributed by atoms with Crippen LogP contribution < -0.4 is 10.6 Å². The van der Waals surface area contributed by atoms with Crippen LogP contribution in [0.5, 0.6) is 0 Å². The van der Waals surface area contributed by atoms with Crippen molar-refractivity contribution in [3.8, 4) is 0 Å². The quantitative estimate of drug-likeness (QED) is 0.347. The van der Waals surface area contributed by atoms with Crippen molar-refractivity contribution in [2.45, 2.75) is 31.7 Å². The number of aliphatic imine (C=N–C) groups is 1. The van der Waals surface area contributed by atoms with Crippen LogP contribution in [0.3, 0.4) is 0 Å². The number of furan rings is 1. The number of rotatable bonds is 7. The molecule has 25 heavy (non-hydrogen) atoms. The molecule has 1 fully saturated rings. The molecule has 3 heterocycles. The van der Waals surface area contributed by atoms with Gasteiger partial charge in [0, 0.05) is 42.6 Å². The summed E-state index contributed by atoms with van der Waals surface area (Å²) >= 11 is 3.83. The molecule has 138 valence electrons. The molecule has 1 aliphatic rings. The Morgan fingerprint density at radius 1 is 1.28 bits per heavy atom. The van der Waals surface area contributed by atoms with Crippen molar-refractivity contribution in [1.29, 1.82) is 0 Å². The van der Waals surface area contributed by atoms with Gasteiger partial charge in [0.15, 0.2) is 5.96 Å². The molecule has 1 saturated heterocycles. The highest BCUT2D eigenvalue weighted by Crippen LogP contribution is 2.16. The van der Waals surface area contributed by atoms with E-state index in [4.69, 9.17) is 9.41 Å². The summed E-state index contributed by atoms with van der Waals surface area (Å²) in [5, 5.41) is 9.19. The van der Waals surface area contributed by atoms with Gasteiger partial charge in [-0.1, -0.05) is 6.07 Å². The molecular formula is C18H26IN3OS2. The van der Waals surface area contributed by atoms with Gasteiger partial charge in [0.2, 0.25) is 0 Å². The maximum Gasteiger partial charge on any atom is 0.191 e. The van der Waals surface area contributed by atoms with Gasteiger partial charge in [0.1, 0.15) is 5.76 Å².